The van der Waals surface area contributed by atoms with Crippen LogP contribution in [0, 0.1) is 12.0 Å². The highest BCUT2D eigenvalue weighted by Crippen LogP contribution is 2.08. The Hall–Kier alpha value is -1.13. The lowest BCUT2D eigenvalue weighted by Crippen LogP contribution is -1.78. The molecule has 1 rings (SSSR count). The van der Waals surface area contributed by atoms with Crippen molar-refractivity contribution in [2.24, 2.45) is 0 Å². The van der Waals surface area contributed by atoms with Gasteiger partial charge in [0.15, 0.2) is 0 Å². The summed E-state index contributed by atoms with van der Waals surface area (Å²) in [6, 6.07) is 7.32. The maximum absolute atomic E-state index is 5.69. The van der Waals surface area contributed by atoms with Crippen molar-refractivity contribution in [2.45, 2.75) is 6.92 Å². The Bertz CT molecular complexity index is 292. The van der Waals surface area contributed by atoms with E-state index in [1.807, 2.05) is 19.1 Å². The van der Waals surface area contributed by atoms with E-state index in [1.54, 1.807) is 12.1 Å². The zero-order chi connectivity index (χ0) is 8.81. The molecule has 0 unspecified atom stereocenters. The molecule has 0 bridgehead atoms. The van der Waals surface area contributed by atoms with E-state index in [2.05, 4.69) is 12.0 Å². The second kappa shape index (κ2) is 4.69. The Morgan fingerprint density at radius 2 is 2.00 bits per heavy atom. The van der Waals surface area contributed by atoms with Gasteiger partial charge in [-0.25, -0.2) is 0 Å². The lowest BCUT2D eigenvalue weighted by molar-refractivity contribution is 0.299. The Morgan fingerprint density at radius 1 is 1.33 bits per heavy atom. The second-order valence-corrected chi connectivity index (χ2v) is 2.60. The highest BCUT2D eigenvalue weighted by Gasteiger charge is 1.86. The van der Waals surface area contributed by atoms with E-state index >= 15 is 0 Å². The van der Waals surface area contributed by atoms with Gasteiger partial charge < -0.3 is 4.74 Å². The SMILES string of the molecule is CCOC#Cc1ccc(Cl)cc1. The molecule has 2 heteroatoms. The first kappa shape index (κ1) is 8.96. The number of halogens is 1. The molecule has 1 aromatic carbocycles. The molecule has 0 amide bonds. The summed E-state index contributed by atoms with van der Waals surface area (Å²) in [5.41, 5.74) is 0.910. The van der Waals surface area contributed by atoms with Crippen LogP contribution in [0.3, 0.4) is 0 Å². The molecule has 1 nitrogen and oxygen atoms in total. The Morgan fingerprint density at radius 3 is 2.58 bits per heavy atom. The molecule has 0 aromatic heterocycles. The molecule has 0 aliphatic heterocycles. The molecular formula is C10H9ClO. The molecule has 62 valence electrons. The number of hydrogen-bond donors (Lipinski definition) is 0. The molecular weight excluding hydrogens is 172 g/mol. The smallest absolute Gasteiger partial charge is 0.115 e. The normalized spacial score (nSPS) is 8.50. The van der Waals surface area contributed by atoms with Crippen molar-refractivity contribution in [1.82, 2.24) is 0 Å². The van der Waals surface area contributed by atoms with Crippen molar-refractivity contribution in [2.75, 3.05) is 6.61 Å². The number of ether oxygens (including phenoxy) is 1. The fraction of sp³-hybridized carbons (Fsp3) is 0.200. The fourth-order valence-electron chi connectivity index (χ4n) is 0.700. The van der Waals surface area contributed by atoms with Gasteiger partial charge in [-0.1, -0.05) is 11.6 Å². The van der Waals surface area contributed by atoms with Gasteiger partial charge in [-0.15, -0.1) is 0 Å². The highest BCUT2D eigenvalue weighted by atomic mass is 35.5. The third kappa shape index (κ3) is 2.86. The third-order valence-electron chi connectivity index (χ3n) is 1.26. The van der Waals surface area contributed by atoms with E-state index in [0.29, 0.717) is 6.61 Å². The Labute approximate surface area is 77.3 Å². The summed E-state index contributed by atoms with van der Waals surface area (Å²) in [5, 5.41) is 0.719. The van der Waals surface area contributed by atoms with Crippen molar-refractivity contribution < 1.29 is 4.74 Å². The van der Waals surface area contributed by atoms with Crippen LogP contribution in [-0.2, 0) is 4.74 Å². The molecule has 0 N–H and O–H groups in total. The average Bonchev–Trinajstić information content (AvgIpc) is 2.09. The fourth-order valence-corrected chi connectivity index (χ4v) is 0.826. The van der Waals surface area contributed by atoms with Gasteiger partial charge in [0.1, 0.15) is 6.11 Å². The summed E-state index contributed by atoms with van der Waals surface area (Å²) in [5.74, 6) is 2.84. The maximum atomic E-state index is 5.69. The van der Waals surface area contributed by atoms with Gasteiger partial charge >= 0.3 is 0 Å². The van der Waals surface area contributed by atoms with Gasteiger partial charge in [0.25, 0.3) is 0 Å². The molecule has 0 saturated carbocycles. The lowest BCUT2D eigenvalue weighted by atomic mass is 10.2. The Kier molecular flexibility index (Phi) is 3.50. The van der Waals surface area contributed by atoms with Crippen LogP contribution in [0.25, 0.3) is 0 Å². The largest absolute Gasteiger partial charge is 0.447 e. The summed E-state index contributed by atoms with van der Waals surface area (Å²) >= 11 is 5.69. The topological polar surface area (TPSA) is 9.23 Å². The molecule has 0 aliphatic carbocycles. The predicted molar refractivity (Wildman–Crippen MR) is 50.0 cm³/mol. The lowest BCUT2D eigenvalue weighted by Gasteiger charge is -1.90. The number of rotatable bonds is 1. The first-order valence-electron chi connectivity index (χ1n) is 3.71. The van der Waals surface area contributed by atoms with E-state index in [0.717, 1.165) is 10.6 Å². The van der Waals surface area contributed by atoms with Crippen molar-refractivity contribution >= 4 is 11.6 Å². The molecule has 0 radical (unpaired) electrons. The molecule has 0 saturated heterocycles. The predicted octanol–water partition coefficient (Wildman–Crippen LogP) is 2.69. The molecule has 0 aliphatic rings. The van der Waals surface area contributed by atoms with Crippen LogP contribution in [0.2, 0.25) is 5.02 Å². The zero-order valence-electron chi connectivity index (χ0n) is 6.80. The summed E-state index contributed by atoms with van der Waals surface area (Å²) in [6.45, 7) is 2.51. The summed E-state index contributed by atoms with van der Waals surface area (Å²) < 4.78 is 4.87. The van der Waals surface area contributed by atoms with Gasteiger partial charge in [-0.05, 0) is 37.1 Å². The molecule has 1 aromatic rings. The molecule has 0 spiro atoms. The quantitative estimate of drug-likeness (QED) is 0.604. The minimum Gasteiger partial charge on any atom is -0.447 e. The molecule has 0 heterocycles. The molecule has 0 atom stereocenters. The van der Waals surface area contributed by atoms with E-state index < -0.39 is 0 Å². The van der Waals surface area contributed by atoms with Gasteiger partial charge in [-0.2, -0.15) is 0 Å². The minimum atomic E-state index is 0.612. The van der Waals surface area contributed by atoms with E-state index in [-0.39, 0.29) is 0 Å². The van der Waals surface area contributed by atoms with Crippen LogP contribution in [0.1, 0.15) is 12.5 Å². The van der Waals surface area contributed by atoms with E-state index in [9.17, 15) is 0 Å². The monoisotopic (exact) mass is 180 g/mol. The first-order valence-corrected chi connectivity index (χ1v) is 4.09. The summed E-state index contributed by atoms with van der Waals surface area (Å²) in [4.78, 5) is 0. The standard InChI is InChI=1S/C10H9ClO/c1-2-12-8-7-9-3-5-10(11)6-4-9/h3-6H,2H2,1H3. The minimum absolute atomic E-state index is 0.612. The Balaban J connectivity index is 2.66. The summed E-state index contributed by atoms with van der Waals surface area (Å²) in [6.07, 6.45) is 2.58. The van der Waals surface area contributed by atoms with Gasteiger partial charge in [0, 0.05) is 10.6 Å². The third-order valence-corrected chi connectivity index (χ3v) is 1.51. The second-order valence-electron chi connectivity index (χ2n) is 2.17. The average molecular weight is 181 g/mol. The number of hydrogen-bond acceptors (Lipinski definition) is 1. The highest BCUT2D eigenvalue weighted by molar-refractivity contribution is 6.30. The van der Waals surface area contributed by atoms with Crippen molar-refractivity contribution in [3.8, 4) is 12.0 Å². The van der Waals surface area contributed by atoms with Crippen LogP contribution in [0.4, 0.5) is 0 Å². The van der Waals surface area contributed by atoms with Crippen molar-refractivity contribution in [3.63, 3.8) is 0 Å². The van der Waals surface area contributed by atoms with Crippen molar-refractivity contribution in [1.29, 1.82) is 0 Å². The number of benzene rings is 1. The van der Waals surface area contributed by atoms with E-state index in [4.69, 9.17) is 16.3 Å². The summed E-state index contributed by atoms with van der Waals surface area (Å²) in [7, 11) is 0. The van der Waals surface area contributed by atoms with Crippen molar-refractivity contribution in [3.05, 3.63) is 34.9 Å². The maximum Gasteiger partial charge on any atom is 0.115 e. The molecule has 12 heavy (non-hydrogen) atoms. The van der Waals surface area contributed by atoms with Gasteiger partial charge in [0.05, 0.1) is 6.61 Å². The van der Waals surface area contributed by atoms with Gasteiger partial charge in [0.2, 0.25) is 0 Å². The van der Waals surface area contributed by atoms with Gasteiger partial charge in [-0.3, -0.25) is 0 Å². The van der Waals surface area contributed by atoms with Crippen LogP contribution in [0.5, 0.6) is 0 Å². The van der Waals surface area contributed by atoms with Crippen LogP contribution < -0.4 is 0 Å². The van der Waals surface area contributed by atoms with E-state index in [1.165, 1.54) is 0 Å². The molecule has 0 fully saturated rings. The van der Waals surface area contributed by atoms with Crippen LogP contribution in [0.15, 0.2) is 24.3 Å². The van der Waals surface area contributed by atoms with Crippen LogP contribution >= 0.6 is 11.6 Å². The zero-order valence-corrected chi connectivity index (χ0v) is 7.56. The first-order chi connectivity index (χ1) is 5.83. The van der Waals surface area contributed by atoms with Crippen LogP contribution in [-0.4, -0.2) is 6.61 Å².